The Morgan fingerprint density at radius 3 is 1.63 bits per heavy atom. The highest BCUT2D eigenvalue weighted by atomic mass is 19.4. The van der Waals surface area contributed by atoms with Crippen LogP contribution in [0.2, 0.25) is 0 Å². The fraction of sp³-hybridized carbons (Fsp3) is 0.531. The van der Waals surface area contributed by atoms with Gasteiger partial charge in [0.05, 0.1) is 25.3 Å². The van der Waals surface area contributed by atoms with Crippen LogP contribution >= 0.6 is 0 Å². The van der Waals surface area contributed by atoms with Gasteiger partial charge in [-0.05, 0) is 54.2 Å². The van der Waals surface area contributed by atoms with Gasteiger partial charge < -0.3 is 52.5 Å². The number of halogens is 3. The van der Waals surface area contributed by atoms with Crippen molar-refractivity contribution in [2.24, 2.45) is 11.3 Å². The van der Waals surface area contributed by atoms with Crippen molar-refractivity contribution in [2.45, 2.75) is 155 Å². The molecular weight excluding hydrogens is 968 g/mol. The Balaban J connectivity index is 2.51. The van der Waals surface area contributed by atoms with Crippen molar-refractivity contribution < 1.29 is 81.2 Å². The lowest BCUT2D eigenvalue weighted by Gasteiger charge is -2.34. The van der Waals surface area contributed by atoms with E-state index >= 15 is 0 Å². The second kappa shape index (κ2) is 28.6. The Hall–Kier alpha value is -7.40. The van der Waals surface area contributed by atoms with Crippen LogP contribution in [0.1, 0.15) is 116 Å². The van der Waals surface area contributed by atoms with Gasteiger partial charge in [0, 0.05) is 19.3 Å². The molecule has 0 heterocycles. The van der Waals surface area contributed by atoms with Gasteiger partial charge in [0.1, 0.15) is 36.3 Å². The number of amides is 7. The van der Waals surface area contributed by atoms with Crippen LogP contribution in [0.25, 0.3) is 0 Å². The summed E-state index contributed by atoms with van der Waals surface area (Å²) in [5.74, 6) is -14.6. The maximum absolute atomic E-state index is 14.4. The van der Waals surface area contributed by atoms with Crippen LogP contribution in [0.15, 0.2) is 54.6 Å². The van der Waals surface area contributed by atoms with Gasteiger partial charge in [-0.25, -0.2) is 0 Å². The lowest BCUT2D eigenvalue weighted by atomic mass is 9.85. The third-order valence-corrected chi connectivity index (χ3v) is 11.2. The highest BCUT2D eigenvalue weighted by Crippen LogP contribution is 2.24. The number of hydrogen-bond acceptors (Lipinski definition) is 11. The van der Waals surface area contributed by atoms with Gasteiger partial charge in [0.2, 0.25) is 41.2 Å². The minimum absolute atomic E-state index is 0.206. The molecule has 0 fully saturated rings. The van der Waals surface area contributed by atoms with Crippen LogP contribution in [-0.2, 0) is 59.2 Å². The molecule has 0 saturated heterocycles. The van der Waals surface area contributed by atoms with Crippen molar-refractivity contribution >= 4 is 65.0 Å². The van der Waals surface area contributed by atoms with Crippen LogP contribution < -0.4 is 37.2 Å². The van der Waals surface area contributed by atoms with E-state index in [1.807, 2.05) is 5.32 Å². The molecule has 73 heavy (non-hydrogen) atoms. The van der Waals surface area contributed by atoms with Gasteiger partial charge in [-0.15, -0.1) is 0 Å². The molecule has 2 aromatic rings. The molecule has 0 aliphatic heterocycles. The van der Waals surface area contributed by atoms with E-state index in [-0.39, 0.29) is 19.3 Å². The fourth-order valence-corrected chi connectivity index (χ4v) is 7.30. The van der Waals surface area contributed by atoms with E-state index in [9.17, 15) is 76.1 Å². The molecule has 0 radical (unpaired) electrons. The number of alkyl halides is 3. The Kier molecular flexibility index (Phi) is 24.2. The van der Waals surface area contributed by atoms with Gasteiger partial charge in [-0.2, -0.15) is 13.2 Å². The first kappa shape index (κ1) is 61.7. The van der Waals surface area contributed by atoms with Crippen LogP contribution in [0, 0.1) is 18.3 Å². The molecule has 7 atom stereocenters. The van der Waals surface area contributed by atoms with E-state index in [4.69, 9.17) is 5.11 Å². The van der Waals surface area contributed by atoms with Gasteiger partial charge in [-0.3, -0.25) is 52.7 Å². The smallest absolute Gasteiger partial charge is 0.391 e. The van der Waals surface area contributed by atoms with Crippen LogP contribution in [0.4, 0.5) is 13.2 Å². The summed E-state index contributed by atoms with van der Waals surface area (Å²) in [6, 6.07) is 3.27. The molecule has 21 nitrogen and oxygen atoms in total. The first-order valence-electron chi connectivity index (χ1n) is 23.4. The maximum atomic E-state index is 14.4. The average Bonchev–Trinajstić information content (AvgIpc) is 3.28. The van der Waals surface area contributed by atoms with Crippen molar-refractivity contribution in [2.75, 3.05) is 0 Å². The molecule has 10 N–H and O–H groups in total. The molecule has 0 aromatic heterocycles. The third-order valence-electron chi connectivity index (χ3n) is 11.2. The molecule has 1 unspecified atom stereocenters. The highest BCUT2D eigenvalue weighted by Gasteiger charge is 2.42. The SMILES string of the molecule is CC[C@H](NC(=O)C(=O)C(CC(F)(F)F)NC(=O)[C@H](CC(C)C)NC(=O)[C@@H](NC(=O)[C@H](Cc1ccccc1C)NC(=O)[C@H](CCC(=O)O)NC(=O)[C@H](CC(=O)O)NC(=O)CCC(=O)O)C(C)(C)C)c1ccccc1. The van der Waals surface area contributed by atoms with Gasteiger partial charge in [0.25, 0.3) is 5.91 Å². The number of carbonyl (C=O) groups is 11. The number of rotatable bonds is 29. The zero-order valence-corrected chi connectivity index (χ0v) is 41.6. The van der Waals surface area contributed by atoms with Crippen molar-refractivity contribution in [3.8, 4) is 0 Å². The minimum atomic E-state index is -5.05. The Labute approximate surface area is 419 Å². The summed E-state index contributed by atoms with van der Waals surface area (Å²) in [7, 11) is 0. The summed E-state index contributed by atoms with van der Waals surface area (Å²) < 4.78 is 41.8. The molecule has 402 valence electrons. The van der Waals surface area contributed by atoms with Crippen molar-refractivity contribution in [1.29, 1.82) is 0 Å². The van der Waals surface area contributed by atoms with E-state index in [1.54, 1.807) is 82.3 Å². The van der Waals surface area contributed by atoms with Crippen molar-refractivity contribution in [1.82, 2.24) is 37.2 Å². The lowest BCUT2D eigenvalue weighted by molar-refractivity contribution is -0.154. The Morgan fingerprint density at radius 1 is 0.575 bits per heavy atom. The monoisotopic (exact) mass is 1030 g/mol. The number of carbonyl (C=O) groups excluding carboxylic acids is 8. The summed E-state index contributed by atoms with van der Waals surface area (Å²) >= 11 is 0. The number of benzene rings is 2. The molecule has 0 aliphatic rings. The molecule has 0 saturated carbocycles. The van der Waals surface area contributed by atoms with E-state index in [2.05, 4.69) is 31.9 Å². The molecule has 0 bridgehead atoms. The predicted molar refractivity (Wildman–Crippen MR) is 255 cm³/mol. The van der Waals surface area contributed by atoms with Crippen LogP contribution in [0.3, 0.4) is 0 Å². The van der Waals surface area contributed by atoms with E-state index in [0.29, 0.717) is 16.7 Å². The molecule has 0 spiro atoms. The standard InChI is InChI=1S/C49H66F3N7O14/c1-8-30(28-15-10-9-11-16-28)54-46(72)40(67)35(25-49(50,51)52)58-43(69)32(22-26(2)3)57-47(73)41(48(5,6)7)59-45(71)33(23-29-17-13-12-14-27(29)4)56-42(68)31(18-20-37(61)62)55-44(70)34(24-39(65)66)53-36(60)19-21-38(63)64/h9-17,26,30-35,41H,8,18-25H2,1-7H3,(H,53,60)(H,54,72)(H,55,70)(H,56,68)(H,57,73)(H,58,69)(H,59,71)(H,61,62)(H,63,64)(H,65,66)/t30-,31-,32-,33-,34-,35?,41+/m0/s1. The molecule has 0 aliphatic carbocycles. The average molecular weight is 1030 g/mol. The Morgan fingerprint density at radius 2 is 1.10 bits per heavy atom. The number of nitrogens with one attached hydrogen (secondary N) is 7. The van der Waals surface area contributed by atoms with E-state index < -0.39 is 163 Å². The first-order valence-corrected chi connectivity index (χ1v) is 23.4. The third kappa shape index (κ3) is 22.3. The Bertz CT molecular complexity index is 2310. The summed E-state index contributed by atoms with van der Waals surface area (Å²) in [6.45, 7) is 11.2. The number of aliphatic carboxylic acids is 3. The topological polar surface area (TPSA) is 333 Å². The molecule has 2 rings (SSSR count). The van der Waals surface area contributed by atoms with Crippen molar-refractivity contribution in [3.05, 3.63) is 71.3 Å². The second-order valence-corrected chi connectivity index (χ2v) is 18.9. The highest BCUT2D eigenvalue weighted by molar-refractivity contribution is 6.38. The van der Waals surface area contributed by atoms with E-state index in [0.717, 1.165) is 0 Å². The summed E-state index contributed by atoms with van der Waals surface area (Å²) in [4.78, 5) is 143. The summed E-state index contributed by atoms with van der Waals surface area (Å²) in [5, 5.41) is 44.0. The maximum Gasteiger partial charge on any atom is 0.391 e. The number of ketones is 1. The number of hydrogen-bond donors (Lipinski definition) is 10. The molecule has 7 amide bonds. The zero-order chi connectivity index (χ0) is 55.4. The normalized spacial score (nSPS) is 14.3. The minimum Gasteiger partial charge on any atom is -0.481 e. The summed E-state index contributed by atoms with van der Waals surface area (Å²) in [5.41, 5.74) is 0.477. The number of carboxylic acid groups (broad SMARTS) is 3. The van der Waals surface area contributed by atoms with Gasteiger partial charge in [0.15, 0.2) is 0 Å². The largest absolute Gasteiger partial charge is 0.481 e. The van der Waals surface area contributed by atoms with E-state index in [1.165, 1.54) is 20.8 Å². The quantitative estimate of drug-likeness (QED) is 0.0524. The number of Topliss-reactive ketones (excluding diaryl/α,β-unsaturated/α-hetero) is 1. The van der Waals surface area contributed by atoms with Gasteiger partial charge in [-0.1, -0.05) is 96.1 Å². The lowest BCUT2D eigenvalue weighted by Crippen LogP contribution is -2.62. The van der Waals surface area contributed by atoms with Crippen LogP contribution in [0.5, 0.6) is 0 Å². The van der Waals surface area contributed by atoms with Crippen molar-refractivity contribution in [3.63, 3.8) is 0 Å². The second-order valence-electron chi connectivity index (χ2n) is 18.9. The fourth-order valence-electron chi connectivity index (χ4n) is 7.30. The molecule has 2 aromatic carbocycles. The first-order chi connectivity index (χ1) is 33.9. The molecular formula is C49H66F3N7O14. The predicted octanol–water partition coefficient (Wildman–Crippen LogP) is 2.53. The zero-order valence-electron chi connectivity index (χ0n) is 41.6. The summed E-state index contributed by atoms with van der Waals surface area (Å²) in [6.07, 6.45) is -10.9. The van der Waals surface area contributed by atoms with Gasteiger partial charge >= 0.3 is 24.1 Å². The molecule has 24 heteroatoms. The number of aryl methyl sites for hydroxylation is 1. The number of carboxylic acids is 3. The van der Waals surface area contributed by atoms with Crippen LogP contribution in [-0.4, -0.2) is 123 Å².